The monoisotopic (exact) mass is 722 g/mol. The van der Waals surface area contributed by atoms with Gasteiger partial charge in [-0.15, -0.1) is 22.7 Å². The van der Waals surface area contributed by atoms with E-state index in [0.29, 0.717) is 16.0 Å². The fourth-order valence-corrected chi connectivity index (χ4v) is 10.6. The van der Waals surface area contributed by atoms with Gasteiger partial charge in [0.25, 0.3) is 11.4 Å². The quantitative estimate of drug-likeness (QED) is 0.117. The van der Waals surface area contributed by atoms with Gasteiger partial charge in [-0.25, -0.2) is 33.4 Å². The molecule has 250 valence electrons. The maximum Gasteiger partial charge on any atom is 0.270 e. The number of benzene rings is 2. The van der Waals surface area contributed by atoms with Gasteiger partial charge in [-0.05, 0) is 96.1 Å². The lowest BCUT2D eigenvalue weighted by atomic mass is 9.68. The Hall–Kier alpha value is -6.11. The van der Waals surface area contributed by atoms with E-state index >= 15 is 0 Å². The van der Waals surface area contributed by atoms with E-state index in [1.54, 1.807) is 25.1 Å². The molecular formula is C41H21F3N4O2S2. The van der Waals surface area contributed by atoms with Gasteiger partial charge in [0, 0.05) is 58.3 Å². The largest absolute Gasteiger partial charge is 0.289 e. The number of hydrogen-bond donors (Lipinski definition) is 0. The second-order valence-electron chi connectivity index (χ2n) is 13.1. The van der Waals surface area contributed by atoms with E-state index in [0.717, 1.165) is 76.1 Å². The SMILES string of the molecule is [C-]#[N+]C(C#N)=C1/C(=C/c2cc3c(s2)-c2sc(/C=C4\C(=O)c5cc(F)c(F)cc5\C4=C(\C#N)[N+]#[C-])cc2C32CCCCC2)C(=O)c2cc(F)c(C)cc21. The van der Waals surface area contributed by atoms with Crippen molar-refractivity contribution in [3.8, 4) is 21.9 Å². The first-order chi connectivity index (χ1) is 25.0. The van der Waals surface area contributed by atoms with Crippen LogP contribution in [0, 0.1) is 60.2 Å². The van der Waals surface area contributed by atoms with Crippen LogP contribution in [0.3, 0.4) is 0 Å². The van der Waals surface area contributed by atoms with Crippen molar-refractivity contribution in [2.75, 3.05) is 0 Å². The van der Waals surface area contributed by atoms with Gasteiger partial charge in [-0.1, -0.05) is 19.3 Å². The van der Waals surface area contributed by atoms with Gasteiger partial charge >= 0.3 is 0 Å². The Balaban J connectivity index is 1.28. The van der Waals surface area contributed by atoms with Gasteiger partial charge in [0.15, 0.2) is 23.2 Å². The van der Waals surface area contributed by atoms with Crippen molar-refractivity contribution >= 4 is 57.5 Å². The average molecular weight is 723 g/mol. The Kier molecular flexibility index (Phi) is 7.63. The van der Waals surface area contributed by atoms with Gasteiger partial charge in [-0.2, -0.15) is 0 Å². The zero-order valence-corrected chi connectivity index (χ0v) is 28.8. The second kappa shape index (κ2) is 12.0. The van der Waals surface area contributed by atoms with Gasteiger partial charge < -0.3 is 0 Å². The summed E-state index contributed by atoms with van der Waals surface area (Å²) in [5.74, 6) is -4.02. The Morgan fingerprint density at radius 1 is 0.712 bits per heavy atom. The number of nitrogens with zero attached hydrogens (tertiary/aromatic N) is 4. The maximum atomic E-state index is 14.6. The number of ketones is 2. The summed E-state index contributed by atoms with van der Waals surface area (Å²) < 4.78 is 43.2. The van der Waals surface area contributed by atoms with Crippen LogP contribution in [0.2, 0.25) is 0 Å². The highest BCUT2D eigenvalue weighted by Gasteiger charge is 2.47. The summed E-state index contributed by atoms with van der Waals surface area (Å²) in [7, 11) is 0. The summed E-state index contributed by atoms with van der Waals surface area (Å²) in [6, 6.07) is 12.1. The predicted octanol–water partition coefficient (Wildman–Crippen LogP) is 10.6. The van der Waals surface area contributed by atoms with Crippen molar-refractivity contribution < 1.29 is 22.8 Å². The molecule has 0 bridgehead atoms. The van der Waals surface area contributed by atoms with Crippen LogP contribution in [-0.4, -0.2) is 11.6 Å². The van der Waals surface area contributed by atoms with Crippen molar-refractivity contribution in [2.45, 2.75) is 44.4 Å². The molecule has 11 heteroatoms. The summed E-state index contributed by atoms with van der Waals surface area (Å²) in [5, 5.41) is 19.6. The molecule has 0 N–H and O–H groups in total. The number of thiophene rings is 2. The third kappa shape index (κ3) is 4.64. The van der Waals surface area contributed by atoms with Gasteiger partial charge in [0.1, 0.15) is 5.82 Å². The Morgan fingerprint density at radius 2 is 1.15 bits per heavy atom. The highest BCUT2D eigenvalue weighted by Crippen LogP contribution is 2.61. The summed E-state index contributed by atoms with van der Waals surface area (Å²) in [4.78, 5) is 37.4. The minimum Gasteiger partial charge on any atom is -0.289 e. The standard InChI is InChI=1S/C41H21F3N4O2S2/c1-19-9-22-24(15-30(19)42)37(49)26(35(22)33(17-45)47-2)10-20-12-28-39(51-20)40-29(41(28)7-5-4-6-8-41)13-21(52-40)11-27-36(34(18-46)48-3)23-14-31(43)32(44)16-25(23)38(27)50/h9-16H,4-8H2,1H3/b26-10-,27-11-,35-33?,36-34+. The molecule has 0 atom stereocenters. The van der Waals surface area contributed by atoms with Crippen molar-refractivity contribution in [1.29, 1.82) is 10.5 Å². The van der Waals surface area contributed by atoms with Crippen LogP contribution >= 0.6 is 22.7 Å². The van der Waals surface area contributed by atoms with E-state index in [1.165, 1.54) is 28.7 Å². The number of fused-ring (bicyclic) bond motifs is 7. The number of Topliss-reactive ketones (excluding diaryl/α,β-unsaturated/α-hetero) is 2. The molecule has 2 aromatic carbocycles. The number of aryl methyl sites for hydroxylation is 1. The van der Waals surface area contributed by atoms with E-state index in [4.69, 9.17) is 13.1 Å². The molecule has 6 nitrogen and oxygen atoms in total. The second-order valence-corrected chi connectivity index (χ2v) is 15.2. The molecule has 4 aliphatic carbocycles. The Bertz CT molecular complexity index is 2480. The average Bonchev–Trinajstić information content (AvgIpc) is 3.91. The molecule has 0 amide bonds. The Morgan fingerprint density at radius 3 is 1.62 bits per heavy atom. The zero-order valence-electron chi connectivity index (χ0n) is 27.2. The molecule has 8 rings (SSSR count). The first kappa shape index (κ1) is 33.1. The number of allylic oxidation sites excluding steroid dienone is 6. The fraction of sp³-hybridized carbons (Fsp3) is 0.171. The predicted molar refractivity (Wildman–Crippen MR) is 192 cm³/mol. The molecule has 1 fully saturated rings. The summed E-state index contributed by atoms with van der Waals surface area (Å²) in [6.45, 7) is 16.8. The van der Waals surface area contributed by atoms with Crippen molar-refractivity contribution in [2.24, 2.45) is 0 Å². The van der Waals surface area contributed by atoms with E-state index in [1.807, 2.05) is 12.1 Å². The van der Waals surface area contributed by atoms with Crippen molar-refractivity contribution in [3.63, 3.8) is 0 Å². The first-order valence-electron chi connectivity index (χ1n) is 16.2. The number of halogens is 3. The topological polar surface area (TPSA) is 90.4 Å². The highest BCUT2D eigenvalue weighted by molar-refractivity contribution is 7.23. The molecule has 1 spiro atoms. The first-order valence-corrected chi connectivity index (χ1v) is 17.8. The van der Waals surface area contributed by atoms with Crippen LogP contribution in [0.4, 0.5) is 13.2 Å². The Labute approximate surface area is 304 Å². The number of carbonyl (C=O) groups is 2. The molecule has 52 heavy (non-hydrogen) atoms. The normalized spacial score (nSPS) is 19.8. The molecule has 0 aliphatic heterocycles. The summed E-state index contributed by atoms with van der Waals surface area (Å²) in [5.41, 5.74) is 2.17. The molecule has 4 aliphatic rings. The zero-order chi connectivity index (χ0) is 36.6. The van der Waals surface area contributed by atoms with Crippen LogP contribution in [0.15, 0.2) is 58.9 Å². The summed E-state index contributed by atoms with van der Waals surface area (Å²) >= 11 is 2.89. The van der Waals surface area contributed by atoms with Gasteiger partial charge in [-0.3, -0.25) is 9.59 Å². The van der Waals surface area contributed by atoms with Crippen LogP contribution in [0.5, 0.6) is 0 Å². The van der Waals surface area contributed by atoms with Crippen LogP contribution in [0.1, 0.15) is 90.4 Å². The van der Waals surface area contributed by atoms with E-state index in [2.05, 4.69) is 15.8 Å². The molecule has 2 aromatic heterocycles. The number of carbonyl (C=O) groups excluding carboxylic acids is 2. The lowest BCUT2D eigenvalue weighted by Crippen LogP contribution is -2.27. The molecule has 0 radical (unpaired) electrons. The number of rotatable bonds is 2. The van der Waals surface area contributed by atoms with Gasteiger partial charge in [0.05, 0.1) is 25.3 Å². The van der Waals surface area contributed by atoms with Crippen LogP contribution < -0.4 is 0 Å². The number of hydrogen-bond acceptors (Lipinski definition) is 6. The van der Waals surface area contributed by atoms with Gasteiger partial charge in [0.2, 0.25) is 0 Å². The lowest BCUT2D eigenvalue weighted by molar-refractivity contribution is 0.103. The van der Waals surface area contributed by atoms with E-state index in [-0.39, 0.29) is 50.1 Å². The minimum absolute atomic E-state index is 0.00136. The minimum atomic E-state index is -1.20. The molecule has 0 unspecified atom stereocenters. The molecule has 1 saturated carbocycles. The smallest absolute Gasteiger partial charge is 0.270 e. The molecule has 2 heterocycles. The van der Waals surface area contributed by atoms with Crippen LogP contribution in [0.25, 0.3) is 42.7 Å². The maximum absolute atomic E-state index is 14.6. The van der Waals surface area contributed by atoms with Crippen molar-refractivity contribution in [1.82, 2.24) is 0 Å². The van der Waals surface area contributed by atoms with Crippen LogP contribution in [-0.2, 0) is 5.41 Å². The lowest BCUT2D eigenvalue weighted by Gasteiger charge is -2.34. The highest BCUT2D eigenvalue weighted by atomic mass is 32.1. The third-order valence-corrected chi connectivity index (χ3v) is 12.7. The molecule has 0 saturated heterocycles. The molecule has 4 aromatic rings. The summed E-state index contributed by atoms with van der Waals surface area (Å²) in [6.07, 6.45) is 8.03. The number of nitriles is 2. The van der Waals surface area contributed by atoms with E-state index in [9.17, 15) is 33.3 Å². The molecular weight excluding hydrogens is 702 g/mol. The van der Waals surface area contributed by atoms with Crippen molar-refractivity contribution in [3.05, 3.63) is 148 Å². The fourth-order valence-electron chi connectivity index (χ4n) is 8.02. The van der Waals surface area contributed by atoms with E-state index < -0.39 is 34.7 Å². The third-order valence-electron chi connectivity index (χ3n) is 10.3.